The van der Waals surface area contributed by atoms with Crippen LogP contribution >= 0.6 is 0 Å². The Labute approximate surface area is 116 Å². The maximum atomic E-state index is 11.4. The number of carbonyl (C=O) groups is 2. The zero-order valence-electron chi connectivity index (χ0n) is 11.3. The number of rotatable bonds is 4. The highest BCUT2D eigenvalue weighted by Crippen LogP contribution is 2.07. The van der Waals surface area contributed by atoms with E-state index in [0.29, 0.717) is 11.3 Å². The van der Waals surface area contributed by atoms with Gasteiger partial charge in [0, 0.05) is 5.69 Å². The van der Waals surface area contributed by atoms with Gasteiger partial charge in [0.1, 0.15) is 0 Å². The van der Waals surface area contributed by atoms with Crippen LogP contribution in [0.2, 0.25) is 0 Å². The van der Waals surface area contributed by atoms with E-state index in [4.69, 9.17) is 10.00 Å². The molecule has 1 rings (SSSR count). The van der Waals surface area contributed by atoms with Crippen LogP contribution in [0.1, 0.15) is 19.4 Å². The Bertz CT molecular complexity index is 505. The van der Waals surface area contributed by atoms with Gasteiger partial charge < -0.3 is 10.1 Å². The Morgan fingerprint density at radius 3 is 2.45 bits per heavy atom. The van der Waals surface area contributed by atoms with Gasteiger partial charge in [0.05, 0.1) is 24.3 Å². The minimum atomic E-state index is -0.716. The highest BCUT2D eigenvalue weighted by Gasteiger charge is 2.06. The third-order valence-electron chi connectivity index (χ3n) is 2.11. The molecule has 0 fully saturated rings. The van der Waals surface area contributed by atoms with Crippen LogP contribution in [0.25, 0.3) is 0 Å². The highest BCUT2D eigenvalue weighted by atomic mass is 16.6. The first-order valence-corrected chi connectivity index (χ1v) is 6.00. The van der Waals surface area contributed by atoms with Crippen molar-refractivity contribution in [2.24, 2.45) is 0 Å². The number of hydrazine groups is 1. The second kappa shape index (κ2) is 7.63. The minimum absolute atomic E-state index is 0.0200. The molecule has 0 aliphatic heterocycles. The average molecular weight is 276 g/mol. The van der Waals surface area contributed by atoms with Gasteiger partial charge >= 0.3 is 6.09 Å². The number of nitrogens with zero attached hydrogens (tertiary/aromatic N) is 1. The molecule has 7 nitrogen and oxygen atoms in total. The van der Waals surface area contributed by atoms with E-state index in [-0.39, 0.29) is 12.6 Å². The minimum Gasteiger partial charge on any atom is -0.446 e. The van der Waals surface area contributed by atoms with Crippen molar-refractivity contribution in [3.63, 3.8) is 0 Å². The van der Waals surface area contributed by atoms with Crippen molar-refractivity contribution in [2.75, 3.05) is 11.9 Å². The number of benzene rings is 1. The monoisotopic (exact) mass is 276 g/mol. The molecule has 0 unspecified atom stereocenters. The predicted molar refractivity (Wildman–Crippen MR) is 72.5 cm³/mol. The molecule has 0 aliphatic rings. The van der Waals surface area contributed by atoms with E-state index in [2.05, 4.69) is 16.2 Å². The molecule has 0 aliphatic carbocycles. The van der Waals surface area contributed by atoms with E-state index in [1.54, 1.807) is 38.1 Å². The number of nitrogens with one attached hydrogen (secondary N) is 3. The normalized spacial score (nSPS) is 9.50. The third-order valence-corrected chi connectivity index (χ3v) is 2.11. The summed E-state index contributed by atoms with van der Waals surface area (Å²) in [6.07, 6.45) is -0.976. The lowest BCUT2D eigenvalue weighted by molar-refractivity contribution is -0.120. The van der Waals surface area contributed by atoms with Crippen molar-refractivity contribution in [1.82, 2.24) is 10.9 Å². The summed E-state index contributed by atoms with van der Waals surface area (Å²) in [4.78, 5) is 22.5. The number of nitriles is 1. The summed E-state index contributed by atoms with van der Waals surface area (Å²) >= 11 is 0. The maximum absolute atomic E-state index is 11.4. The molecule has 7 heteroatoms. The number of carbonyl (C=O) groups excluding carboxylic acids is 2. The van der Waals surface area contributed by atoms with Crippen molar-refractivity contribution in [3.8, 4) is 6.07 Å². The third kappa shape index (κ3) is 5.73. The van der Waals surface area contributed by atoms with Crippen LogP contribution in [0, 0.1) is 11.3 Å². The number of amides is 2. The summed E-state index contributed by atoms with van der Waals surface area (Å²) in [5.41, 5.74) is 5.56. The molecule has 0 radical (unpaired) electrons. The second-order valence-electron chi connectivity index (χ2n) is 4.17. The van der Waals surface area contributed by atoms with E-state index >= 15 is 0 Å². The van der Waals surface area contributed by atoms with E-state index in [1.165, 1.54) is 0 Å². The second-order valence-corrected chi connectivity index (χ2v) is 4.17. The molecule has 0 heterocycles. The van der Waals surface area contributed by atoms with Crippen LogP contribution < -0.4 is 16.2 Å². The standard InChI is InChI=1S/C13H16N4O3/c1-9(2)20-13(19)17-16-12(18)8-15-11-5-3-10(7-14)4-6-11/h3-6,9,15H,8H2,1-2H3,(H,16,18)(H,17,19). The lowest BCUT2D eigenvalue weighted by atomic mass is 10.2. The number of hydrogen-bond acceptors (Lipinski definition) is 5. The van der Waals surface area contributed by atoms with Crippen LogP contribution in [-0.4, -0.2) is 24.6 Å². The molecule has 1 aromatic rings. The molecular weight excluding hydrogens is 260 g/mol. The van der Waals surface area contributed by atoms with Gasteiger partial charge in [-0.2, -0.15) is 5.26 Å². The molecule has 0 spiro atoms. The molecule has 2 amide bonds. The lowest BCUT2D eigenvalue weighted by Crippen LogP contribution is -2.44. The fourth-order valence-electron chi connectivity index (χ4n) is 1.25. The van der Waals surface area contributed by atoms with Gasteiger partial charge in [-0.25, -0.2) is 10.2 Å². The van der Waals surface area contributed by atoms with E-state index < -0.39 is 12.0 Å². The molecular formula is C13H16N4O3. The van der Waals surface area contributed by atoms with Crippen molar-refractivity contribution in [2.45, 2.75) is 20.0 Å². The molecule has 0 saturated heterocycles. The average Bonchev–Trinajstić information content (AvgIpc) is 2.42. The zero-order valence-corrected chi connectivity index (χ0v) is 11.3. The van der Waals surface area contributed by atoms with E-state index in [0.717, 1.165) is 0 Å². The molecule has 0 atom stereocenters. The maximum Gasteiger partial charge on any atom is 0.426 e. The quantitative estimate of drug-likeness (QED) is 0.715. The fraction of sp³-hybridized carbons (Fsp3) is 0.308. The van der Waals surface area contributed by atoms with Gasteiger partial charge in [-0.15, -0.1) is 0 Å². The van der Waals surface area contributed by atoms with Crippen LogP contribution in [0.3, 0.4) is 0 Å². The Morgan fingerprint density at radius 2 is 1.90 bits per heavy atom. The Balaban J connectivity index is 2.29. The van der Waals surface area contributed by atoms with Crippen LogP contribution in [0.5, 0.6) is 0 Å². The van der Waals surface area contributed by atoms with Crippen molar-refractivity contribution in [3.05, 3.63) is 29.8 Å². The molecule has 20 heavy (non-hydrogen) atoms. The molecule has 0 aromatic heterocycles. The van der Waals surface area contributed by atoms with Gasteiger partial charge in [0.25, 0.3) is 5.91 Å². The summed E-state index contributed by atoms with van der Waals surface area (Å²) in [6.45, 7) is 3.38. The van der Waals surface area contributed by atoms with Crippen molar-refractivity contribution in [1.29, 1.82) is 5.26 Å². The van der Waals surface area contributed by atoms with E-state index in [9.17, 15) is 9.59 Å². The number of hydrogen-bond donors (Lipinski definition) is 3. The van der Waals surface area contributed by atoms with Crippen LogP contribution in [0.15, 0.2) is 24.3 Å². The van der Waals surface area contributed by atoms with Gasteiger partial charge in [0.2, 0.25) is 0 Å². The SMILES string of the molecule is CC(C)OC(=O)NNC(=O)CNc1ccc(C#N)cc1. The zero-order chi connectivity index (χ0) is 15.0. The first-order chi connectivity index (χ1) is 9.51. The van der Waals surface area contributed by atoms with Gasteiger partial charge in [-0.1, -0.05) is 0 Å². The summed E-state index contributed by atoms with van der Waals surface area (Å²) in [5, 5.41) is 11.5. The highest BCUT2D eigenvalue weighted by molar-refractivity contribution is 5.82. The van der Waals surface area contributed by atoms with E-state index in [1.807, 2.05) is 6.07 Å². The summed E-state index contributed by atoms with van der Waals surface area (Å²) in [7, 11) is 0. The first kappa shape index (κ1) is 15.3. The topological polar surface area (TPSA) is 103 Å². The van der Waals surface area contributed by atoms with Crippen LogP contribution in [-0.2, 0) is 9.53 Å². The Morgan fingerprint density at radius 1 is 1.25 bits per heavy atom. The Hall–Kier alpha value is -2.75. The molecule has 106 valence electrons. The lowest BCUT2D eigenvalue weighted by Gasteiger charge is -2.11. The molecule has 1 aromatic carbocycles. The van der Waals surface area contributed by atoms with Gasteiger partial charge in [0.15, 0.2) is 0 Å². The van der Waals surface area contributed by atoms with Gasteiger partial charge in [-0.05, 0) is 38.1 Å². The van der Waals surface area contributed by atoms with Crippen molar-refractivity contribution < 1.29 is 14.3 Å². The largest absolute Gasteiger partial charge is 0.446 e. The molecule has 0 bridgehead atoms. The Kier molecular flexibility index (Phi) is 5.84. The molecule has 0 saturated carbocycles. The summed E-state index contributed by atoms with van der Waals surface area (Å²) in [6, 6.07) is 8.65. The fourth-order valence-corrected chi connectivity index (χ4v) is 1.25. The molecule has 3 N–H and O–H groups in total. The predicted octanol–water partition coefficient (Wildman–Crippen LogP) is 1.14. The first-order valence-electron chi connectivity index (χ1n) is 6.00. The summed E-state index contributed by atoms with van der Waals surface area (Å²) < 4.78 is 4.77. The number of anilines is 1. The smallest absolute Gasteiger partial charge is 0.426 e. The summed E-state index contributed by atoms with van der Waals surface area (Å²) in [5.74, 6) is -0.421. The van der Waals surface area contributed by atoms with Crippen molar-refractivity contribution >= 4 is 17.7 Å². The number of ether oxygens (including phenoxy) is 1. The van der Waals surface area contributed by atoms with Gasteiger partial charge in [-0.3, -0.25) is 10.2 Å². The van der Waals surface area contributed by atoms with Crippen LogP contribution in [0.4, 0.5) is 10.5 Å².